The Kier molecular flexibility index (Phi) is 5.27. The Bertz CT molecular complexity index is 855. The number of benzene rings is 1. The third-order valence-electron chi connectivity index (χ3n) is 3.10. The van der Waals surface area contributed by atoms with E-state index in [1.165, 1.54) is 37.3 Å². The molecule has 0 bridgehead atoms. The van der Waals surface area contributed by atoms with Crippen LogP contribution in [0.15, 0.2) is 47.6 Å². The van der Waals surface area contributed by atoms with Gasteiger partial charge < -0.3 is 5.11 Å². The zero-order valence-electron chi connectivity index (χ0n) is 12.6. The molecule has 0 spiro atoms. The number of hydrogen-bond acceptors (Lipinski definition) is 5. The first-order chi connectivity index (χ1) is 11.3. The lowest BCUT2D eigenvalue weighted by Crippen LogP contribution is -2.38. The van der Waals surface area contributed by atoms with Crippen molar-refractivity contribution in [1.29, 1.82) is 0 Å². The summed E-state index contributed by atoms with van der Waals surface area (Å²) < 4.78 is 26.1. The number of carboxylic acid groups (broad SMARTS) is 1. The second kappa shape index (κ2) is 7.20. The Morgan fingerprint density at radius 1 is 1.29 bits per heavy atom. The lowest BCUT2D eigenvalue weighted by molar-refractivity contribution is -0.138. The minimum absolute atomic E-state index is 0.119. The molecule has 0 amide bonds. The molecule has 0 radical (unpaired) electrons. The van der Waals surface area contributed by atoms with Gasteiger partial charge in [0.05, 0.1) is 11.1 Å². The number of ketones is 1. The predicted octanol–water partition coefficient (Wildman–Crippen LogP) is 1.06. The Morgan fingerprint density at radius 3 is 2.50 bits per heavy atom. The van der Waals surface area contributed by atoms with Gasteiger partial charge in [-0.1, -0.05) is 0 Å². The molecule has 1 aromatic carbocycles. The number of aliphatic carboxylic acids is 1. The molecule has 1 aromatic heterocycles. The molecule has 1 heterocycles. The molecule has 24 heavy (non-hydrogen) atoms. The van der Waals surface area contributed by atoms with Gasteiger partial charge in [0.15, 0.2) is 5.78 Å². The van der Waals surface area contributed by atoms with Crippen LogP contribution >= 0.6 is 0 Å². The fraction of sp³-hybridized carbons (Fsp3) is 0.133. The number of aromatic nitrogens is 2. The van der Waals surface area contributed by atoms with Gasteiger partial charge in [-0.25, -0.2) is 8.42 Å². The number of sulfonamides is 1. The van der Waals surface area contributed by atoms with Gasteiger partial charge in [0.25, 0.3) is 0 Å². The number of nitrogens with zero attached hydrogens (tertiary/aromatic N) is 1. The number of nitrogens with one attached hydrogen (secondary N) is 2. The molecule has 0 fully saturated rings. The van der Waals surface area contributed by atoms with E-state index in [9.17, 15) is 18.0 Å². The average molecular weight is 349 g/mol. The lowest BCUT2D eigenvalue weighted by atomic mass is 10.1. The Morgan fingerprint density at radius 2 is 1.96 bits per heavy atom. The number of aromatic amines is 1. The van der Waals surface area contributed by atoms with Gasteiger partial charge in [0, 0.05) is 17.3 Å². The van der Waals surface area contributed by atoms with Crippen LogP contribution in [0.25, 0.3) is 6.08 Å². The van der Waals surface area contributed by atoms with Crippen molar-refractivity contribution in [3.8, 4) is 0 Å². The Labute approximate surface area is 138 Å². The van der Waals surface area contributed by atoms with Crippen molar-refractivity contribution in [2.75, 3.05) is 0 Å². The maximum atomic E-state index is 12.0. The van der Waals surface area contributed by atoms with E-state index >= 15 is 0 Å². The van der Waals surface area contributed by atoms with Crippen LogP contribution < -0.4 is 4.72 Å². The summed E-state index contributed by atoms with van der Waals surface area (Å²) in [6, 6.07) is 3.96. The van der Waals surface area contributed by atoms with Gasteiger partial charge >= 0.3 is 5.97 Å². The van der Waals surface area contributed by atoms with E-state index in [1.807, 2.05) is 4.72 Å². The van der Waals surface area contributed by atoms with Crippen molar-refractivity contribution in [1.82, 2.24) is 14.9 Å². The molecule has 2 rings (SSSR count). The fourth-order valence-corrected chi connectivity index (χ4v) is 2.97. The van der Waals surface area contributed by atoms with Crippen LogP contribution in [0.4, 0.5) is 0 Å². The molecule has 0 saturated carbocycles. The molecule has 2 aromatic rings. The summed E-state index contributed by atoms with van der Waals surface area (Å²) in [7, 11) is -3.97. The molecule has 9 heteroatoms. The minimum atomic E-state index is -3.97. The van der Waals surface area contributed by atoms with Crippen LogP contribution in [0, 0.1) is 0 Å². The highest BCUT2D eigenvalue weighted by Crippen LogP contribution is 2.12. The number of H-pyrrole nitrogens is 1. The van der Waals surface area contributed by atoms with Crippen LogP contribution in [0.2, 0.25) is 0 Å². The van der Waals surface area contributed by atoms with Gasteiger partial charge in [-0.05, 0) is 43.3 Å². The molecule has 1 unspecified atom stereocenters. The molecule has 0 aliphatic heterocycles. The maximum absolute atomic E-state index is 12.0. The number of carbonyl (C=O) groups excluding carboxylic acids is 1. The highest BCUT2D eigenvalue weighted by molar-refractivity contribution is 7.89. The molecule has 8 nitrogen and oxygen atoms in total. The van der Waals surface area contributed by atoms with Crippen molar-refractivity contribution in [3.63, 3.8) is 0 Å². The van der Waals surface area contributed by atoms with E-state index in [-0.39, 0.29) is 10.7 Å². The van der Waals surface area contributed by atoms with E-state index in [4.69, 9.17) is 5.11 Å². The van der Waals surface area contributed by atoms with Crippen molar-refractivity contribution in [2.24, 2.45) is 0 Å². The number of carboxylic acids is 1. The monoisotopic (exact) mass is 349 g/mol. The summed E-state index contributed by atoms with van der Waals surface area (Å²) in [6.45, 7) is 1.22. The van der Waals surface area contributed by atoms with Gasteiger partial charge in [-0.2, -0.15) is 9.82 Å². The standard InChI is InChI=1S/C15H15N3O5S/c1-10(15(20)21)18-24(22,23)13-5-3-12(4-6-13)14(19)7-2-11-8-16-17-9-11/h2-10,18H,1H3,(H,16,17)(H,20,21)/b7-2+. The molecule has 1 atom stereocenters. The summed E-state index contributed by atoms with van der Waals surface area (Å²) in [5, 5.41) is 15.1. The number of rotatable bonds is 7. The van der Waals surface area contributed by atoms with E-state index in [0.29, 0.717) is 5.56 Å². The van der Waals surface area contributed by atoms with Crippen molar-refractivity contribution >= 4 is 27.9 Å². The first-order valence-electron chi connectivity index (χ1n) is 6.86. The zero-order chi connectivity index (χ0) is 17.7. The average Bonchev–Trinajstić information content (AvgIpc) is 3.05. The molecule has 3 N–H and O–H groups in total. The molecule has 126 valence electrons. The summed E-state index contributed by atoms with van der Waals surface area (Å²) in [5.74, 6) is -1.58. The van der Waals surface area contributed by atoms with Crippen LogP contribution in [-0.4, -0.2) is 41.5 Å². The lowest BCUT2D eigenvalue weighted by Gasteiger charge is -2.10. The van der Waals surface area contributed by atoms with Crippen molar-refractivity contribution < 1.29 is 23.1 Å². The smallest absolute Gasteiger partial charge is 0.321 e. The predicted molar refractivity (Wildman–Crippen MR) is 85.8 cm³/mol. The third-order valence-corrected chi connectivity index (χ3v) is 4.65. The number of hydrogen-bond donors (Lipinski definition) is 3. The largest absolute Gasteiger partial charge is 0.480 e. The van der Waals surface area contributed by atoms with E-state index in [1.54, 1.807) is 18.5 Å². The van der Waals surface area contributed by atoms with E-state index in [2.05, 4.69) is 10.2 Å². The van der Waals surface area contributed by atoms with Gasteiger partial charge in [-0.15, -0.1) is 0 Å². The summed E-state index contributed by atoms with van der Waals surface area (Å²) in [5.41, 5.74) is 1.04. The highest BCUT2D eigenvalue weighted by atomic mass is 32.2. The second-order valence-corrected chi connectivity index (χ2v) is 6.65. The molecular weight excluding hydrogens is 334 g/mol. The number of allylic oxidation sites excluding steroid dienone is 1. The quantitative estimate of drug-likeness (QED) is 0.506. The molecular formula is C15H15N3O5S. The first-order valence-corrected chi connectivity index (χ1v) is 8.34. The van der Waals surface area contributed by atoms with Crippen LogP contribution in [0.5, 0.6) is 0 Å². The normalized spacial score (nSPS) is 13.0. The number of carbonyl (C=O) groups is 2. The van der Waals surface area contributed by atoms with Crippen molar-refractivity contribution in [3.05, 3.63) is 53.9 Å². The third kappa shape index (κ3) is 4.37. The molecule has 0 aliphatic carbocycles. The topological polar surface area (TPSA) is 129 Å². The zero-order valence-corrected chi connectivity index (χ0v) is 13.4. The van der Waals surface area contributed by atoms with E-state index in [0.717, 1.165) is 5.56 Å². The van der Waals surface area contributed by atoms with Crippen molar-refractivity contribution in [2.45, 2.75) is 17.9 Å². The van der Waals surface area contributed by atoms with Crippen LogP contribution in [0.3, 0.4) is 0 Å². The Balaban J connectivity index is 2.12. The first kappa shape index (κ1) is 17.6. The van der Waals surface area contributed by atoms with Crippen LogP contribution in [0.1, 0.15) is 22.8 Å². The van der Waals surface area contributed by atoms with E-state index < -0.39 is 22.0 Å². The molecule has 0 saturated heterocycles. The minimum Gasteiger partial charge on any atom is -0.480 e. The maximum Gasteiger partial charge on any atom is 0.321 e. The van der Waals surface area contributed by atoms with Crippen LogP contribution in [-0.2, 0) is 14.8 Å². The molecule has 0 aliphatic rings. The fourth-order valence-electron chi connectivity index (χ4n) is 1.77. The summed E-state index contributed by atoms with van der Waals surface area (Å²) in [6.07, 6.45) is 6.09. The Hall–Kier alpha value is -2.78. The highest BCUT2D eigenvalue weighted by Gasteiger charge is 2.21. The summed E-state index contributed by atoms with van der Waals surface area (Å²) in [4.78, 5) is 22.6. The van der Waals surface area contributed by atoms with Gasteiger partial charge in [0.1, 0.15) is 6.04 Å². The van der Waals surface area contributed by atoms with Gasteiger partial charge in [0.2, 0.25) is 10.0 Å². The van der Waals surface area contributed by atoms with Gasteiger partial charge in [-0.3, -0.25) is 14.7 Å². The summed E-state index contributed by atoms with van der Waals surface area (Å²) >= 11 is 0. The second-order valence-electron chi connectivity index (χ2n) is 4.93. The SMILES string of the molecule is CC(NS(=O)(=O)c1ccc(C(=O)/C=C/c2cn[nH]c2)cc1)C(=O)O.